The van der Waals surface area contributed by atoms with Crippen molar-refractivity contribution in [2.24, 2.45) is 17.8 Å². The summed E-state index contributed by atoms with van der Waals surface area (Å²) in [7, 11) is 0. The molecule has 4 fully saturated rings. The second kappa shape index (κ2) is 6.43. The van der Waals surface area contributed by atoms with Gasteiger partial charge in [-0.05, 0) is 37.0 Å². The molecule has 1 aromatic rings. The highest BCUT2D eigenvalue weighted by molar-refractivity contribution is 5.67. The van der Waals surface area contributed by atoms with E-state index in [1.54, 1.807) is 0 Å². The van der Waals surface area contributed by atoms with Gasteiger partial charge in [0.15, 0.2) is 0 Å². The van der Waals surface area contributed by atoms with E-state index in [-0.39, 0.29) is 55.1 Å². The van der Waals surface area contributed by atoms with Crippen LogP contribution in [0.4, 0.5) is 29.3 Å². The second-order valence-corrected chi connectivity index (χ2v) is 8.69. The summed E-state index contributed by atoms with van der Waals surface area (Å²) in [6.45, 7) is 1.44. The molecule has 3 saturated heterocycles. The van der Waals surface area contributed by atoms with Crippen LogP contribution < -0.4 is 9.80 Å². The Labute approximate surface area is 164 Å². The zero-order chi connectivity index (χ0) is 20.5. The largest absolute Gasteiger partial charge is 0.481 e. The lowest BCUT2D eigenvalue weighted by molar-refractivity contribution is -0.141. The lowest BCUT2D eigenvalue weighted by atomic mass is 9.60. The van der Waals surface area contributed by atoms with E-state index in [1.807, 2.05) is 4.90 Å². The van der Waals surface area contributed by atoms with Gasteiger partial charge >= 0.3 is 5.97 Å². The molecule has 3 aliphatic heterocycles. The first-order valence-corrected chi connectivity index (χ1v) is 10.1. The maximum atomic E-state index is 14.5. The number of piperidine rings is 2. The molecule has 0 aromatic carbocycles. The fourth-order valence-electron chi connectivity index (χ4n) is 5.40. The van der Waals surface area contributed by atoms with Crippen molar-refractivity contribution in [1.29, 1.82) is 0 Å². The first-order valence-electron chi connectivity index (χ1n) is 10.1. The maximum Gasteiger partial charge on any atom is 0.303 e. The number of halogens is 4. The van der Waals surface area contributed by atoms with Gasteiger partial charge in [0.05, 0.1) is 6.04 Å². The summed E-state index contributed by atoms with van der Waals surface area (Å²) in [6.07, 6.45) is -1.44. The molecule has 4 atom stereocenters. The molecular formula is C19H22F4N4O2. The molecule has 1 aromatic heterocycles. The third-order valence-corrected chi connectivity index (χ3v) is 7.06. The van der Waals surface area contributed by atoms with Gasteiger partial charge < -0.3 is 14.9 Å². The SMILES string of the molecule is O=C(O)CC1[C@@H]2C[C@H]1CN(c1nc(N3CC[C@@H]3C(F)F)nc3c1CCC3(F)F)C2. The van der Waals surface area contributed by atoms with Gasteiger partial charge in [-0.15, -0.1) is 0 Å². The molecule has 6 nitrogen and oxygen atoms in total. The lowest BCUT2D eigenvalue weighted by Gasteiger charge is -2.54. The third-order valence-electron chi connectivity index (χ3n) is 7.06. The van der Waals surface area contributed by atoms with Crippen molar-refractivity contribution in [2.45, 2.75) is 50.5 Å². The van der Waals surface area contributed by atoms with Crippen molar-refractivity contribution in [3.05, 3.63) is 11.3 Å². The Balaban J connectivity index is 1.47. The Morgan fingerprint density at radius 3 is 2.55 bits per heavy atom. The van der Waals surface area contributed by atoms with Crippen molar-refractivity contribution >= 4 is 17.7 Å². The van der Waals surface area contributed by atoms with Crippen molar-refractivity contribution in [2.75, 3.05) is 29.4 Å². The van der Waals surface area contributed by atoms with Crippen molar-refractivity contribution < 1.29 is 27.5 Å². The molecule has 10 heteroatoms. The number of aliphatic carboxylic acids is 1. The van der Waals surface area contributed by atoms with E-state index in [2.05, 4.69) is 9.97 Å². The van der Waals surface area contributed by atoms with Crippen LogP contribution in [0, 0.1) is 17.8 Å². The van der Waals surface area contributed by atoms with Crippen LogP contribution in [0.25, 0.3) is 0 Å². The number of hydrogen-bond donors (Lipinski definition) is 1. The summed E-state index contributed by atoms with van der Waals surface area (Å²) >= 11 is 0. The first kappa shape index (κ1) is 18.9. The van der Waals surface area contributed by atoms with Crippen LogP contribution in [0.5, 0.6) is 0 Å². The fourth-order valence-corrected chi connectivity index (χ4v) is 5.40. The van der Waals surface area contributed by atoms with Crippen LogP contribution >= 0.6 is 0 Å². The van der Waals surface area contributed by atoms with Gasteiger partial charge in [-0.2, -0.15) is 13.8 Å². The molecule has 1 N–H and O–H groups in total. The number of rotatable bonds is 5. The van der Waals surface area contributed by atoms with Crippen LogP contribution in [0.15, 0.2) is 0 Å². The Morgan fingerprint density at radius 1 is 1.24 bits per heavy atom. The molecule has 6 rings (SSSR count). The maximum absolute atomic E-state index is 14.5. The zero-order valence-electron chi connectivity index (χ0n) is 15.7. The minimum atomic E-state index is -3.09. The normalized spacial score (nSPS) is 32.0. The molecule has 4 heterocycles. The molecule has 1 unspecified atom stereocenters. The van der Waals surface area contributed by atoms with Crippen LogP contribution in [0.1, 0.15) is 36.9 Å². The molecule has 0 radical (unpaired) electrons. The highest BCUT2D eigenvalue weighted by atomic mass is 19.3. The van der Waals surface area contributed by atoms with Crippen LogP contribution in [-0.2, 0) is 17.1 Å². The van der Waals surface area contributed by atoms with Crippen LogP contribution in [0.3, 0.4) is 0 Å². The Kier molecular flexibility index (Phi) is 4.19. The fraction of sp³-hybridized carbons (Fsp3) is 0.737. The van der Waals surface area contributed by atoms with E-state index in [9.17, 15) is 22.4 Å². The predicted molar refractivity (Wildman–Crippen MR) is 95.6 cm³/mol. The first-order chi connectivity index (χ1) is 13.7. The summed E-state index contributed by atoms with van der Waals surface area (Å²) in [5.74, 6) is -3.03. The van der Waals surface area contributed by atoms with E-state index in [1.165, 1.54) is 4.90 Å². The van der Waals surface area contributed by atoms with E-state index in [0.717, 1.165) is 6.42 Å². The van der Waals surface area contributed by atoms with Gasteiger partial charge in [0.2, 0.25) is 5.95 Å². The summed E-state index contributed by atoms with van der Waals surface area (Å²) < 4.78 is 55.3. The van der Waals surface area contributed by atoms with Gasteiger partial charge in [-0.25, -0.2) is 13.8 Å². The lowest BCUT2D eigenvalue weighted by Crippen LogP contribution is -2.56. The molecule has 0 spiro atoms. The second-order valence-electron chi connectivity index (χ2n) is 8.69. The quantitative estimate of drug-likeness (QED) is 0.748. The molecule has 2 bridgehead atoms. The Bertz CT molecular complexity index is 840. The highest BCUT2D eigenvalue weighted by Crippen LogP contribution is 2.50. The topological polar surface area (TPSA) is 69.6 Å². The minimum Gasteiger partial charge on any atom is -0.481 e. The number of carboxylic acid groups (broad SMARTS) is 1. The molecule has 29 heavy (non-hydrogen) atoms. The zero-order valence-corrected chi connectivity index (χ0v) is 15.7. The van der Waals surface area contributed by atoms with E-state index in [0.29, 0.717) is 31.0 Å². The van der Waals surface area contributed by atoms with E-state index >= 15 is 0 Å². The van der Waals surface area contributed by atoms with Gasteiger partial charge in [0, 0.05) is 38.0 Å². The summed E-state index contributed by atoms with van der Waals surface area (Å²) in [4.78, 5) is 22.8. The Hall–Kier alpha value is -2.13. The molecule has 1 saturated carbocycles. The summed E-state index contributed by atoms with van der Waals surface area (Å²) in [5.41, 5.74) is 0.0719. The average Bonchev–Trinajstić information content (AvgIpc) is 2.93. The average molecular weight is 414 g/mol. The van der Waals surface area contributed by atoms with Gasteiger partial charge in [-0.1, -0.05) is 0 Å². The molecule has 2 aliphatic carbocycles. The summed E-state index contributed by atoms with van der Waals surface area (Å²) in [5, 5.41) is 9.09. The number of carboxylic acids is 1. The van der Waals surface area contributed by atoms with Crippen molar-refractivity contribution in [3.63, 3.8) is 0 Å². The number of alkyl halides is 4. The summed E-state index contributed by atoms with van der Waals surface area (Å²) in [6, 6.07) is -1.04. The number of nitrogens with zero attached hydrogens (tertiary/aromatic N) is 4. The number of anilines is 2. The van der Waals surface area contributed by atoms with Crippen molar-refractivity contribution in [1.82, 2.24) is 9.97 Å². The molecule has 5 aliphatic rings. The standard InChI is InChI=1S/C19H22F4N4O2/c20-16(21)13-2-4-27(13)18-24-15-11(1-3-19(15,22)23)17(25-18)26-7-9-5-10(8-26)12(9)6-14(28)29/h9-10,12-13,16H,1-8H2,(H,28,29)/t9-,10+,12?,13-/m1/s1. The number of hydrogen-bond acceptors (Lipinski definition) is 5. The van der Waals surface area contributed by atoms with Crippen molar-refractivity contribution in [3.8, 4) is 0 Å². The van der Waals surface area contributed by atoms with Gasteiger partial charge in [-0.3, -0.25) is 4.79 Å². The van der Waals surface area contributed by atoms with Gasteiger partial charge in [0.1, 0.15) is 11.5 Å². The number of aromatic nitrogens is 2. The predicted octanol–water partition coefficient (Wildman–Crippen LogP) is 2.91. The molecule has 158 valence electrons. The molecule has 0 amide bonds. The third kappa shape index (κ3) is 2.93. The van der Waals surface area contributed by atoms with Crippen LogP contribution in [-0.4, -0.2) is 53.1 Å². The monoisotopic (exact) mass is 414 g/mol. The van der Waals surface area contributed by atoms with E-state index in [4.69, 9.17) is 5.11 Å². The molecular weight excluding hydrogens is 392 g/mol. The van der Waals surface area contributed by atoms with Gasteiger partial charge in [0.25, 0.3) is 12.3 Å². The van der Waals surface area contributed by atoms with E-state index < -0.39 is 24.4 Å². The number of carbonyl (C=O) groups is 1. The Morgan fingerprint density at radius 2 is 1.97 bits per heavy atom. The minimum absolute atomic E-state index is 0.0433. The highest BCUT2D eigenvalue weighted by Gasteiger charge is 2.50. The smallest absolute Gasteiger partial charge is 0.303 e. The van der Waals surface area contributed by atoms with Crippen LogP contribution in [0.2, 0.25) is 0 Å². The number of fused-ring (bicyclic) bond motifs is 3.